The Hall–Kier alpha value is -1.86. The van der Waals surface area contributed by atoms with E-state index in [0.717, 1.165) is 18.4 Å². The lowest BCUT2D eigenvalue weighted by Gasteiger charge is -2.15. The third-order valence-electron chi connectivity index (χ3n) is 4.49. The molecule has 1 N–H and O–H groups in total. The van der Waals surface area contributed by atoms with Gasteiger partial charge in [0.1, 0.15) is 0 Å². The topological polar surface area (TPSA) is 66.5 Å². The molecule has 0 aliphatic carbocycles. The van der Waals surface area contributed by atoms with E-state index in [4.69, 9.17) is 23.2 Å². The fourth-order valence-electron chi connectivity index (χ4n) is 2.92. The van der Waals surface area contributed by atoms with Crippen molar-refractivity contribution in [2.24, 2.45) is 0 Å². The lowest BCUT2D eigenvalue weighted by atomic mass is 10.2. The number of halogens is 2. The van der Waals surface area contributed by atoms with E-state index in [0.29, 0.717) is 28.7 Å². The number of hydrogen-bond donors (Lipinski definition) is 1. The Kier molecular flexibility index (Phi) is 6.78. The summed E-state index contributed by atoms with van der Waals surface area (Å²) in [6, 6.07) is 11.8. The summed E-state index contributed by atoms with van der Waals surface area (Å²) in [5.41, 5.74) is 1.46. The maximum atomic E-state index is 12.5. The highest BCUT2D eigenvalue weighted by molar-refractivity contribution is 7.89. The van der Waals surface area contributed by atoms with Crippen LogP contribution in [0.4, 0.5) is 0 Å². The lowest BCUT2D eigenvalue weighted by Crippen LogP contribution is -2.27. The molecule has 1 saturated heterocycles. The second-order valence-electron chi connectivity index (χ2n) is 6.45. The minimum atomic E-state index is -3.42. The zero-order valence-corrected chi connectivity index (χ0v) is 17.4. The third kappa shape index (κ3) is 4.94. The number of sulfonamides is 1. The first-order chi connectivity index (χ1) is 13.4. The molecule has 0 atom stereocenters. The molecule has 8 heteroatoms. The van der Waals surface area contributed by atoms with Crippen molar-refractivity contribution >= 4 is 45.2 Å². The zero-order valence-electron chi connectivity index (χ0n) is 15.1. The van der Waals surface area contributed by atoms with Gasteiger partial charge in [0, 0.05) is 25.7 Å². The van der Waals surface area contributed by atoms with Crippen LogP contribution in [0.5, 0.6) is 0 Å². The average Bonchev–Trinajstić information content (AvgIpc) is 3.23. The number of carbonyl (C=O) groups excluding carboxylic acids is 1. The van der Waals surface area contributed by atoms with Crippen LogP contribution in [0.3, 0.4) is 0 Å². The standard InChI is InChI=1S/C20H20Cl2N2O3S/c21-18-5-3-4-16(20(18)22)8-11-19(25)23-14-15-6-9-17(10-7-15)28(26,27)24-12-1-2-13-24/h3-11H,1-2,12-14H2,(H,23,25)/b11-8+. The molecule has 3 rings (SSSR count). The van der Waals surface area contributed by atoms with Crippen LogP contribution in [0.2, 0.25) is 10.0 Å². The van der Waals surface area contributed by atoms with Crippen LogP contribution in [-0.2, 0) is 21.4 Å². The van der Waals surface area contributed by atoms with Crippen molar-refractivity contribution in [2.75, 3.05) is 13.1 Å². The lowest BCUT2D eigenvalue weighted by molar-refractivity contribution is -0.116. The van der Waals surface area contributed by atoms with Crippen molar-refractivity contribution < 1.29 is 13.2 Å². The summed E-state index contributed by atoms with van der Waals surface area (Å²) in [6.07, 6.45) is 4.77. The summed E-state index contributed by atoms with van der Waals surface area (Å²) in [6.45, 7) is 1.43. The van der Waals surface area contributed by atoms with Gasteiger partial charge >= 0.3 is 0 Å². The van der Waals surface area contributed by atoms with Crippen LogP contribution in [0.25, 0.3) is 6.08 Å². The summed E-state index contributed by atoms with van der Waals surface area (Å²) in [5, 5.41) is 3.57. The van der Waals surface area contributed by atoms with Crippen molar-refractivity contribution in [1.82, 2.24) is 9.62 Å². The predicted octanol–water partition coefficient (Wildman–Crippen LogP) is 4.11. The van der Waals surface area contributed by atoms with E-state index in [9.17, 15) is 13.2 Å². The summed E-state index contributed by atoms with van der Waals surface area (Å²) in [4.78, 5) is 12.3. The van der Waals surface area contributed by atoms with Crippen LogP contribution in [0.15, 0.2) is 53.4 Å². The Morgan fingerprint density at radius 2 is 1.75 bits per heavy atom. The SMILES string of the molecule is O=C(/C=C/c1cccc(Cl)c1Cl)NCc1ccc(S(=O)(=O)N2CCCC2)cc1. The van der Waals surface area contributed by atoms with Gasteiger partial charge in [-0.1, -0.05) is 47.5 Å². The molecule has 0 spiro atoms. The minimum absolute atomic E-state index is 0.278. The highest BCUT2D eigenvalue weighted by Crippen LogP contribution is 2.26. The number of carbonyl (C=O) groups is 1. The van der Waals surface area contributed by atoms with E-state index in [1.807, 2.05) is 0 Å². The highest BCUT2D eigenvalue weighted by atomic mass is 35.5. The molecular formula is C20H20Cl2N2O3S. The molecule has 2 aromatic rings. The van der Waals surface area contributed by atoms with Crippen LogP contribution >= 0.6 is 23.2 Å². The molecule has 148 valence electrons. The molecule has 1 heterocycles. The average molecular weight is 439 g/mol. The van der Waals surface area contributed by atoms with Crippen molar-refractivity contribution in [1.29, 1.82) is 0 Å². The smallest absolute Gasteiger partial charge is 0.244 e. The van der Waals surface area contributed by atoms with Crippen LogP contribution < -0.4 is 5.32 Å². The normalized spacial score (nSPS) is 15.2. The van der Waals surface area contributed by atoms with Crippen molar-refractivity contribution in [3.8, 4) is 0 Å². The summed E-state index contributed by atoms with van der Waals surface area (Å²) >= 11 is 12.0. The van der Waals surface area contributed by atoms with E-state index in [1.165, 1.54) is 10.4 Å². The van der Waals surface area contributed by atoms with Gasteiger partial charge in [-0.3, -0.25) is 4.79 Å². The Morgan fingerprint density at radius 3 is 2.43 bits per heavy atom. The van der Waals surface area contributed by atoms with Gasteiger partial charge in [-0.2, -0.15) is 4.31 Å². The van der Waals surface area contributed by atoms with Gasteiger partial charge in [-0.25, -0.2) is 8.42 Å². The van der Waals surface area contributed by atoms with E-state index in [1.54, 1.807) is 48.5 Å². The van der Waals surface area contributed by atoms with Crippen LogP contribution in [0.1, 0.15) is 24.0 Å². The Labute approximate surface area is 175 Å². The van der Waals surface area contributed by atoms with Gasteiger partial charge in [-0.05, 0) is 48.2 Å². The molecule has 0 saturated carbocycles. The maximum absolute atomic E-state index is 12.5. The Balaban J connectivity index is 1.58. The second-order valence-corrected chi connectivity index (χ2v) is 9.17. The number of hydrogen-bond acceptors (Lipinski definition) is 3. The van der Waals surface area contributed by atoms with E-state index in [2.05, 4.69) is 5.32 Å². The van der Waals surface area contributed by atoms with Crippen molar-refractivity contribution in [2.45, 2.75) is 24.3 Å². The van der Waals surface area contributed by atoms with Crippen molar-refractivity contribution in [3.63, 3.8) is 0 Å². The molecule has 1 aliphatic heterocycles. The van der Waals surface area contributed by atoms with E-state index in [-0.39, 0.29) is 17.3 Å². The molecule has 0 radical (unpaired) electrons. The molecule has 1 aliphatic rings. The van der Waals surface area contributed by atoms with Gasteiger partial charge in [0.2, 0.25) is 15.9 Å². The fraction of sp³-hybridized carbons (Fsp3) is 0.250. The zero-order chi connectivity index (χ0) is 20.1. The molecule has 28 heavy (non-hydrogen) atoms. The molecule has 5 nitrogen and oxygen atoms in total. The van der Waals surface area contributed by atoms with Gasteiger partial charge in [-0.15, -0.1) is 0 Å². The van der Waals surface area contributed by atoms with Gasteiger partial charge in [0.05, 0.1) is 14.9 Å². The van der Waals surface area contributed by atoms with Crippen molar-refractivity contribution in [3.05, 3.63) is 69.7 Å². The van der Waals surface area contributed by atoms with Crippen LogP contribution in [-0.4, -0.2) is 31.7 Å². The predicted molar refractivity (Wildman–Crippen MR) is 112 cm³/mol. The summed E-state index contributed by atoms with van der Waals surface area (Å²) in [5.74, 6) is -0.287. The summed E-state index contributed by atoms with van der Waals surface area (Å²) in [7, 11) is -3.42. The second kappa shape index (κ2) is 9.09. The number of rotatable bonds is 6. The highest BCUT2D eigenvalue weighted by Gasteiger charge is 2.26. The maximum Gasteiger partial charge on any atom is 0.244 e. The fourth-order valence-corrected chi connectivity index (χ4v) is 4.81. The summed E-state index contributed by atoms with van der Waals surface area (Å²) < 4.78 is 26.5. The van der Waals surface area contributed by atoms with E-state index >= 15 is 0 Å². The minimum Gasteiger partial charge on any atom is -0.348 e. The molecule has 0 aromatic heterocycles. The van der Waals surface area contributed by atoms with Gasteiger partial charge in [0.15, 0.2) is 0 Å². The molecule has 0 unspecified atom stereocenters. The molecule has 1 amide bonds. The number of nitrogens with one attached hydrogen (secondary N) is 1. The number of nitrogens with zero attached hydrogens (tertiary/aromatic N) is 1. The molecule has 1 fully saturated rings. The third-order valence-corrected chi connectivity index (χ3v) is 7.24. The first-order valence-corrected chi connectivity index (χ1v) is 11.1. The first kappa shape index (κ1) is 20.9. The van der Waals surface area contributed by atoms with Gasteiger partial charge in [0.25, 0.3) is 0 Å². The molecule has 2 aromatic carbocycles. The number of benzene rings is 2. The largest absolute Gasteiger partial charge is 0.348 e. The molecule has 0 bridgehead atoms. The molecular weight excluding hydrogens is 419 g/mol. The quantitative estimate of drug-likeness (QED) is 0.689. The Bertz CT molecular complexity index is 983. The van der Waals surface area contributed by atoms with Gasteiger partial charge < -0.3 is 5.32 Å². The van der Waals surface area contributed by atoms with Crippen LogP contribution in [0, 0.1) is 0 Å². The first-order valence-electron chi connectivity index (χ1n) is 8.87. The monoisotopic (exact) mass is 438 g/mol. The number of amides is 1. The Morgan fingerprint density at radius 1 is 1.07 bits per heavy atom. The van der Waals surface area contributed by atoms with E-state index < -0.39 is 10.0 Å².